The van der Waals surface area contributed by atoms with Crippen LogP contribution in [0.1, 0.15) is 17.0 Å². The fourth-order valence-corrected chi connectivity index (χ4v) is 3.51. The van der Waals surface area contributed by atoms with Crippen molar-refractivity contribution in [3.63, 3.8) is 0 Å². The molecule has 9 heteroatoms. The molecule has 0 bridgehead atoms. The highest BCUT2D eigenvalue weighted by molar-refractivity contribution is 7.98. The summed E-state index contributed by atoms with van der Waals surface area (Å²) < 4.78 is 10.8. The quantitative estimate of drug-likeness (QED) is 0.250. The lowest BCUT2D eigenvalue weighted by Gasteiger charge is -2.05. The van der Waals surface area contributed by atoms with E-state index in [9.17, 15) is 15.0 Å². The highest BCUT2D eigenvalue weighted by Gasteiger charge is 2.12. The lowest BCUT2D eigenvalue weighted by molar-refractivity contribution is 0.296. The number of nitrogens with zero attached hydrogens (tertiary/aromatic N) is 2. The van der Waals surface area contributed by atoms with Gasteiger partial charge in [0.25, 0.3) is 0 Å². The predicted molar refractivity (Wildman–Crippen MR) is 107 cm³/mol. The van der Waals surface area contributed by atoms with E-state index in [-0.39, 0.29) is 23.7 Å². The summed E-state index contributed by atoms with van der Waals surface area (Å²) in [6.07, 6.45) is 0. The molecule has 8 nitrogen and oxygen atoms in total. The Kier molecular flexibility index (Phi) is 5.13. The first-order valence-corrected chi connectivity index (χ1v) is 9.69. The van der Waals surface area contributed by atoms with E-state index in [4.69, 9.17) is 9.15 Å². The van der Waals surface area contributed by atoms with Gasteiger partial charge in [0.15, 0.2) is 17.3 Å². The van der Waals surface area contributed by atoms with Crippen LogP contribution in [0.2, 0.25) is 0 Å². The SMILES string of the molecule is Cc1ccc(OCc2nc(SCc3cc(=O)oc4cc(O)c(O)cc34)n[nH]2)cc1. The number of H-pyrrole nitrogens is 1. The van der Waals surface area contributed by atoms with Crippen molar-refractivity contribution in [2.24, 2.45) is 0 Å². The molecule has 148 valence electrons. The summed E-state index contributed by atoms with van der Waals surface area (Å²) in [5, 5.41) is 27.4. The van der Waals surface area contributed by atoms with Crippen LogP contribution in [-0.2, 0) is 12.4 Å². The molecule has 4 aromatic rings. The normalized spacial score (nSPS) is 11.1. The summed E-state index contributed by atoms with van der Waals surface area (Å²) in [6, 6.07) is 11.6. The summed E-state index contributed by atoms with van der Waals surface area (Å²) in [4.78, 5) is 16.2. The fourth-order valence-electron chi connectivity index (χ4n) is 2.71. The average molecular weight is 411 g/mol. The molecule has 0 saturated heterocycles. The minimum Gasteiger partial charge on any atom is -0.504 e. The van der Waals surface area contributed by atoms with Crippen molar-refractivity contribution >= 4 is 22.7 Å². The lowest BCUT2D eigenvalue weighted by atomic mass is 10.1. The smallest absolute Gasteiger partial charge is 0.336 e. The van der Waals surface area contributed by atoms with Crippen molar-refractivity contribution in [2.75, 3.05) is 0 Å². The van der Waals surface area contributed by atoms with Crippen molar-refractivity contribution in [3.05, 3.63) is 69.8 Å². The molecule has 2 aromatic heterocycles. The molecule has 0 atom stereocenters. The molecule has 4 rings (SSSR count). The summed E-state index contributed by atoms with van der Waals surface area (Å²) >= 11 is 1.32. The van der Waals surface area contributed by atoms with Crippen LogP contribution in [0.15, 0.2) is 56.8 Å². The number of benzene rings is 2. The first kappa shape index (κ1) is 18.9. The molecule has 0 spiro atoms. The van der Waals surface area contributed by atoms with Gasteiger partial charge in [0.05, 0.1) is 0 Å². The second-order valence-electron chi connectivity index (χ2n) is 6.38. The Morgan fingerprint density at radius 1 is 1.14 bits per heavy atom. The Balaban J connectivity index is 1.45. The maximum absolute atomic E-state index is 11.8. The molecule has 3 N–H and O–H groups in total. The van der Waals surface area contributed by atoms with E-state index in [0.717, 1.165) is 11.3 Å². The summed E-state index contributed by atoms with van der Waals surface area (Å²) in [7, 11) is 0. The number of thioether (sulfide) groups is 1. The van der Waals surface area contributed by atoms with Crippen LogP contribution in [0, 0.1) is 6.92 Å². The molecule has 0 unspecified atom stereocenters. The zero-order valence-corrected chi connectivity index (χ0v) is 16.2. The van der Waals surface area contributed by atoms with Gasteiger partial charge in [0.1, 0.15) is 17.9 Å². The van der Waals surface area contributed by atoms with Crippen molar-refractivity contribution in [1.82, 2.24) is 15.2 Å². The van der Waals surface area contributed by atoms with E-state index in [2.05, 4.69) is 15.2 Å². The Labute approximate surface area is 169 Å². The molecule has 0 aliphatic rings. The molecule has 0 radical (unpaired) electrons. The van der Waals surface area contributed by atoms with E-state index >= 15 is 0 Å². The molecule has 0 saturated carbocycles. The summed E-state index contributed by atoms with van der Waals surface area (Å²) in [5.74, 6) is 1.06. The second-order valence-corrected chi connectivity index (χ2v) is 7.33. The van der Waals surface area contributed by atoms with Crippen LogP contribution in [-0.4, -0.2) is 25.4 Å². The molecule has 2 heterocycles. The zero-order valence-electron chi connectivity index (χ0n) is 15.4. The number of fused-ring (bicyclic) bond motifs is 1. The third-order valence-corrected chi connectivity index (χ3v) is 5.09. The number of aromatic hydroxyl groups is 2. The number of ether oxygens (including phenoxy) is 1. The standard InChI is InChI=1S/C20H17N3O5S/c1-11-2-4-13(5-3-11)27-9-18-21-20(23-22-18)29-10-12-6-19(26)28-17-8-16(25)15(24)7-14(12)17/h2-8,24-25H,9-10H2,1H3,(H,21,22,23). The van der Waals surface area contributed by atoms with Crippen molar-refractivity contribution in [3.8, 4) is 17.2 Å². The Bertz CT molecular complexity index is 1220. The number of aryl methyl sites for hydroxylation is 1. The van der Waals surface area contributed by atoms with E-state index in [1.54, 1.807) is 0 Å². The largest absolute Gasteiger partial charge is 0.504 e. The fraction of sp³-hybridized carbons (Fsp3) is 0.150. The van der Waals surface area contributed by atoms with Gasteiger partial charge in [-0.05, 0) is 30.7 Å². The zero-order chi connectivity index (χ0) is 20.4. The topological polar surface area (TPSA) is 121 Å². The van der Waals surface area contributed by atoms with Crippen molar-refractivity contribution in [2.45, 2.75) is 24.4 Å². The number of hydrogen-bond donors (Lipinski definition) is 3. The van der Waals surface area contributed by atoms with Gasteiger partial charge in [-0.25, -0.2) is 9.78 Å². The first-order valence-electron chi connectivity index (χ1n) is 8.70. The lowest BCUT2D eigenvalue weighted by Crippen LogP contribution is -2.00. The molecule has 0 fully saturated rings. The number of phenols is 2. The monoisotopic (exact) mass is 411 g/mol. The van der Waals surface area contributed by atoms with Crippen LogP contribution < -0.4 is 10.4 Å². The Hall–Kier alpha value is -3.46. The maximum atomic E-state index is 11.8. The number of aromatic amines is 1. The number of phenolic OH excluding ortho intramolecular Hbond substituents is 2. The summed E-state index contributed by atoms with van der Waals surface area (Å²) in [6.45, 7) is 2.26. The number of nitrogens with one attached hydrogen (secondary N) is 1. The third-order valence-electron chi connectivity index (χ3n) is 4.19. The van der Waals surface area contributed by atoms with Gasteiger partial charge in [-0.15, -0.1) is 5.10 Å². The van der Waals surface area contributed by atoms with Crippen LogP contribution >= 0.6 is 11.8 Å². The Morgan fingerprint density at radius 2 is 1.90 bits per heavy atom. The first-order chi connectivity index (χ1) is 14.0. The van der Waals surface area contributed by atoms with Gasteiger partial charge in [-0.2, -0.15) is 0 Å². The molecule has 29 heavy (non-hydrogen) atoms. The van der Waals surface area contributed by atoms with Gasteiger partial charge < -0.3 is 19.4 Å². The third kappa shape index (κ3) is 4.35. The highest BCUT2D eigenvalue weighted by Crippen LogP contribution is 2.33. The number of aromatic nitrogens is 3. The van der Waals surface area contributed by atoms with Crippen LogP contribution in [0.5, 0.6) is 17.2 Å². The van der Waals surface area contributed by atoms with Crippen LogP contribution in [0.25, 0.3) is 11.0 Å². The van der Waals surface area contributed by atoms with Crippen molar-refractivity contribution in [1.29, 1.82) is 0 Å². The minimum atomic E-state index is -0.541. The molecular formula is C20H17N3O5S. The summed E-state index contributed by atoms with van der Waals surface area (Å²) in [5.41, 5.74) is 1.45. The number of hydrogen-bond acceptors (Lipinski definition) is 8. The molecular weight excluding hydrogens is 394 g/mol. The van der Waals surface area contributed by atoms with E-state index < -0.39 is 5.63 Å². The van der Waals surface area contributed by atoms with E-state index in [1.807, 2.05) is 31.2 Å². The highest BCUT2D eigenvalue weighted by atomic mass is 32.2. The molecule has 0 amide bonds. The Morgan fingerprint density at radius 3 is 2.69 bits per heavy atom. The maximum Gasteiger partial charge on any atom is 0.336 e. The van der Waals surface area contributed by atoms with Crippen molar-refractivity contribution < 1.29 is 19.4 Å². The van der Waals surface area contributed by atoms with Crippen LogP contribution in [0.3, 0.4) is 0 Å². The van der Waals surface area contributed by atoms with E-state index in [0.29, 0.717) is 27.7 Å². The van der Waals surface area contributed by atoms with Gasteiger partial charge in [0, 0.05) is 23.3 Å². The molecule has 0 aliphatic heterocycles. The van der Waals surface area contributed by atoms with Crippen LogP contribution in [0.4, 0.5) is 0 Å². The molecule has 0 aliphatic carbocycles. The van der Waals surface area contributed by atoms with Gasteiger partial charge in [-0.3, -0.25) is 5.10 Å². The average Bonchev–Trinajstić information content (AvgIpc) is 3.15. The molecule has 2 aromatic carbocycles. The second kappa shape index (κ2) is 7.88. The van der Waals surface area contributed by atoms with E-state index in [1.165, 1.54) is 30.0 Å². The van der Waals surface area contributed by atoms with Gasteiger partial charge in [0.2, 0.25) is 5.16 Å². The number of rotatable bonds is 6. The minimum absolute atomic E-state index is 0.200. The van der Waals surface area contributed by atoms with Gasteiger partial charge in [-0.1, -0.05) is 29.5 Å². The predicted octanol–water partition coefficient (Wildman–Crippen LogP) is 3.50. The van der Waals surface area contributed by atoms with Gasteiger partial charge >= 0.3 is 5.63 Å².